The largest absolute Gasteiger partial charge is 0.548 e. The number of aliphatic carboxylic acids is 1. The van der Waals surface area contributed by atoms with E-state index in [0.29, 0.717) is 34.5 Å². The Kier molecular flexibility index (Phi) is 7.14. The second kappa shape index (κ2) is 10.00. The second-order valence-electron chi connectivity index (χ2n) is 7.40. The molecular formula is C24H24NO7-. The number of methoxy groups -OCH3 is 1. The average molecular weight is 438 g/mol. The van der Waals surface area contributed by atoms with Gasteiger partial charge in [0.15, 0.2) is 6.61 Å². The Bertz CT molecular complexity index is 1170. The Morgan fingerprint density at radius 3 is 2.41 bits per heavy atom. The summed E-state index contributed by atoms with van der Waals surface area (Å²) in [4.78, 5) is 35.5. The van der Waals surface area contributed by atoms with Gasteiger partial charge in [-0.25, -0.2) is 4.79 Å². The quantitative estimate of drug-likeness (QED) is 0.509. The second-order valence-corrected chi connectivity index (χ2v) is 7.40. The van der Waals surface area contributed by atoms with Crippen molar-refractivity contribution in [3.8, 4) is 22.6 Å². The molecule has 1 amide bonds. The highest BCUT2D eigenvalue weighted by Crippen LogP contribution is 2.30. The van der Waals surface area contributed by atoms with Crippen LogP contribution in [0.25, 0.3) is 22.1 Å². The van der Waals surface area contributed by atoms with Crippen molar-refractivity contribution in [3.63, 3.8) is 0 Å². The third kappa shape index (κ3) is 5.26. The minimum Gasteiger partial charge on any atom is -0.548 e. The minimum atomic E-state index is -1.34. The van der Waals surface area contributed by atoms with E-state index >= 15 is 0 Å². The third-order valence-corrected chi connectivity index (χ3v) is 5.27. The van der Waals surface area contributed by atoms with Gasteiger partial charge in [-0.1, -0.05) is 32.4 Å². The minimum absolute atomic E-state index is 0.282. The van der Waals surface area contributed by atoms with Crippen molar-refractivity contribution in [2.45, 2.75) is 26.3 Å². The van der Waals surface area contributed by atoms with E-state index in [1.54, 1.807) is 38.3 Å². The smallest absolute Gasteiger partial charge is 0.336 e. The third-order valence-electron chi connectivity index (χ3n) is 5.27. The monoisotopic (exact) mass is 438 g/mol. The number of rotatable bonds is 9. The van der Waals surface area contributed by atoms with Crippen molar-refractivity contribution < 1.29 is 28.6 Å². The Morgan fingerprint density at radius 2 is 1.78 bits per heavy atom. The Labute approximate surface area is 184 Å². The molecule has 0 fully saturated rings. The summed E-state index contributed by atoms with van der Waals surface area (Å²) in [6.45, 7) is 3.15. The van der Waals surface area contributed by atoms with Crippen LogP contribution in [0.1, 0.15) is 20.3 Å². The van der Waals surface area contributed by atoms with E-state index in [9.17, 15) is 19.5 Å². The van der Waals surface area contributed by atoms with Crippen molar-refractivity contribution in [2.24, 2.45) is 5.92 Å². The summed E-state index contributed by atoms with van der Waals surface area (Å²) >= 11 is 0. The van der Waals surface area contributed by atoms with E-state index in [4.69, 9.17) is 13.9 Å². The van der Waals surface area contributed by atoms with Crippen LogP contribution in [0.3, 0.4) is 0 Å². The number of benzene rings is 2. The van der Waals surface area contributed by atoms with Crippen molar-refractivity contribution in [1.82, 2.24) is 5.32 Å². The molecule has 1 N–H and O–H groups in total. The summed E-state index contributed by atoms with van der Waals surface area (Å²) in [7, 11) is 1.58. The molecule has 0 spiro atoms. The van der Waals surface area contributed by atoms with Crippen molar-refractivity contribution in [3.05, 3.63) is 59.0 Å². The molecule has 1 heterocycles. The van der Waals surface area contributed by atoms with E-state index in [1.165, 1.54) is 12.1 Å². The van der Waals surface area contributed by atoms with Gasteiger partial charge in [-0.3, -0.25) is 4.79 Å². The number of ether oxygens (including phenoxy) is 2. The van der Waals surface area contributed by atoms with Crippen LogP contribution < -0.4 is 25.5 Å². The molecule has 8 nitrogen and oxygen atoms in total. The highest BCUT2D eigenvalue weighted by atomic mass is 16.5. The number of carbonyl (C=O) groups excluding carboxylic acids is 2. The number of nitrogens with one attached hydrogen (secondary N) is 1. The SMILES string of the molecule is CC[C@@H](C)[C@H](NC(=O)COc1ccc2c(-c3ccc(OC)cc3)cc(=O)oc2c1)C(=O)[O-]. The van der Waals surface area contributed by atoms with Crippen molar-refractivity contribution in [1.29, 1.82) is 0 Å². The first-order valence-corrected chi connectivity index (χ1v) is 10.2. The fraction of sp³-hybridized carbons (Fsp3) is 0.292. The molecule has 0 bridgehead atoms. The summed E-state index contributed by atoms with van der Waals surface area (Å²) in [6.07, 6.45) is 0.569. The summed E-state index contributed by atoms with van der Waals surface area (Å²) in [5.41, 5.74) is 1.28. The number of carbonyl (C=O) groups is 2. The van der Waals surface area contributed by atoms with Crippen LogP contribution in [0.2, 0.25) is 0 Å². The molecule has 0 radical (unpaired) electrons. The molecule has 0 saturated carbocycles. The number of amides is 1. The highest BCUT2D eigenvalue weighted by Gasteiger charge is 2.19. The lowest BCUT2D eigenvalue weighted by Gasteiger charge is -2.25. The first-order chi connectivity index (χ1) is 15.3. The van der Waals surface area contributed by atoms with Crippen LogP contribution >= 0.6 is 0 Å². The molecule has 168 valence electrons. The molecule has 3 rings (SSSR count). The zero-order valence-corrected chi connectivity index (χ0v) is 18.0. The fourth-order valence-electron chi connectivity index (χ4n) is 3.28. The van der Waals surface area contributed by atoms with Crippen LogP contribution in [0.5, 0.6) is 11.5 Å². The van der Waals surface area contributed by atoms with Crippen LogP contribution in [-0.4, -0.2) is 31.6 Å². The molecule has 0 aliphatic carbocycles. The molecule has 0 aliphatic rings. The summed E-state index contributed by atoms with van der Waals surface area (Å²) in [5, 5.41) is 14.4. The lowest BCUT2D eigenvalue weighted by atomic mass is 9.99. The van der Waals surface area contributed by atoms with Gasteiger partial charge in [0.05, 0.1) is 19.1 Å². The normalized spacial score (nSPS) is 12.7. The van der Waals surface area contributed by atoms with E-state index < -0.39 is 30.2 Å². The van der Waals surface area contributed by atoms with E-state index in [0.717, 1.165) is 5.56 Å². The highest BCUT2D eigenvalue weighted by molar-refractivity contribution is 5.94. The topological polar surface area (TPSA) is 118 Å². The van der Waals surface area contributed by atoms with Gasteiger partial charge < -0.3 is 29.1 Å². The zero-order chi connectivity index (χ0) is 23.3. The fourth-order valence-corrected chi connectivity index (χ4v) is 3.28. The molecule has 3 aromatic rings. The summed E-state index contributed by atoms with van der Waals surface area (Å²) in [6, 6.07) is 12.5. The summed E-state index contributed by atoms with van der Waals surface area (Å²) < 4.78 is 16.0. The van der Waals surface area contributed by atoms with Crippen LogP contribution in [0.4, 0.5) is 0 Å². The first-order valence-electron chi connectivity index (χ1n) is 10.2. The Morgan fingerprint density at radius 1 is 1.09 bits per heavy atom. The van der Waals surface area contributed by atoms with Gasteiger partial charge in [0.2, 0.25) is 0 Å². The molecule has 2 atom stereocenters. The van der Waals surface area contributed by atoms with Gasteiger partial charge in [0.1, 0.15) is 17.1 Å². The molecule has 0 unspecified atom stereocenters. The number of hydrogen-bond acceptors (Lipinski definition) is 7. The first kappa shape index (κ1) is 22.9. The van der Waals surface area contributed by atoms with Gasteiger partial charge >= 0.3 is 5.63 Å². The molecule has 2 aromatic carbocycles. The zero-order valence-electron chi connectivity index (χ0n) is 18.0. The van der Waals surface area contributed by atoms with Gasteiger partial charge in [-0.05, 0) is 41.3 Å². The molecule has 0 saturated heterocycles. The van der Waals surface area contributed by atoms with E-state index in [-0.39, 0.29) is 5.92 Å². The number of hydrogen-bond donors (Lipinski definition) is 1. The van der Waals surface area contributed by atoms with Crippen molar-refractivity contribution in [2.75, 3.05) is 13.7 Å². The Hall–Kier alpha value is -3.81. The molecule has 1 aromatic heterocycles. The molecule has 0 aliphatic heterocycles. The van der Waals surface area contributed by atoms with Crippen LogP contribution in [0.15, 0.2) is 57.7 Å². The summed E-state index contributed by atoms with van der Waals surface area (Å²) in [5.74, 6) is -1.21. The maximum atomic E-state index is 12.1. The van der Waals surface area contributed by atoms with Gasteiger partial charge in [0, 0.05) is 17.5 Å². The van der Waals surface area contributed by atoms with Gasteiger partial charge in [-0.15, -0.1) is 0 Å². The standard InChI is InChI=1S/C24H25NO7/c1-4-14(2)23(24(28)29)25-21(26)13-31-17-9-10-18-19(12-22(27)32-20(18)11-17)15-5-7-16(30-3)8-6-15/h5-12,14,23H,4,13H2,1-3H3,(H,25,26)(H,28,29)/p-1/t14-,23+/m1/s1. The maximum absolute atomic E-state index is 12.1. The molecule has 8 heteroatoms. The predicted octanol–water partition coefficient (Wildman–Crippen LogP) is 2.13. The number of fused-ring (bicyclic) bond motifs is 1. The van der Waals surface area contributed by atoms with Crippen LogP contribution in [-0.2, 0) is 9.59 Å². The van der Waals surface area contributed by atoms with Gasteiger partial charge in [-0.2, -0.15) is 0 Å². The molecule has 32 heavy (non-hydrogen) atoms. The number of carboxylic acids is 1. The lowest BCUT2D eigenvalue weighted by Crippen LogP contribution is -2.52. The predicted molar refractivity (Wildman–Crippen MR) is 116 cm³/mol. The number of carboxylic acid groups (broad SMARTS) is 1. The van der Waals surface area contributed by atoms with Crippen molar-refractivity contribution >= 4 is 22.8 Å². The maximum Gasteiger partial charge on any atom is 0.336 e. The van der Waals surface area contributed by atoms with Crippen LogP contribution in [0, 0.1) is 5.92 Å². The van der Waals surface area contributed by atoms with E-state index in [2.05, 4.69) is 5.32 Å². The average Bonchev–Trinajstić information content (AvgIpc) is 2.79. The molecular weight excluding hydrogens is 414 g/mol. The van der Waals surface area contributed by atoms with E-state index in [1.807, 2.05) is 19.1 Å². The van der Waals surface area contributed by atoms with Gasteiger partial charge in [0.25, 0.3) is 5.91 Å². The Balaban J connectivity index is 1.79. The lowest BCUT2D eigenvalue weighted by molar-refractivity contribution is -0.309.